The van der Waals surface area contributed by atoms with Gasteiger partial charge in [-0.25, -0.2) is 0 Å². The zero-order valence-corrected chi connectivity index (χ0v) is 15.2. The third kappa shape index (κ3) is 4.75. The maximum atomic E-state index is 11.9. The van der Waals surface area contributed by atoms with E-state index in [9.17, 15) is 4.79 Å². The monoisotopic (exact) mass is 345 g/mol. The largest absolute Gasteiger partial charge is 0.489 e. The summed E-state index contributed by atoms with van der Waals surface area (Å²) in [4.78, 5) is 18.3. The van der Waals surface area contributed by atoms with Crippen molar-refractivity contribution >= 4 is 11.9 Å². The first-order valence-corrected chi connectivity index (χ1v) is 8.45. The fourth-order valence-electron chi connectivity index (χ4n) is 3.04. The van der Waals surface area contributed by atoms with Crippen molar-refractivity contribution in [2.24, 2.45) is 16.8 Å². The standard InChI is InChI=1S/C19H27N3O3/c1-5-10-25-17-9-7-6-8-15(17)11-21-19(20-3)22-12-14(2)16(13-22)18(23)24-4/h5-9,14,16H,1,10-13H2,2-4H3,(H,20,21). The van der Waals surface area contributed by atoms with Gasteiger partial charge in [-0.2, -0.15) is 0 Å². The zero-order valence-electron chi connectivity index (χ0n) is 15.2. The molecule has 1 aromatic carbocycles. The molecule has 1 fully saturated rings. The first-order chi connectivity index (χ1) is 12.1. The molecule has 2 unspecified atom stereocenters. The van der Waals surface area contributed by atoms with E-state index >= 15 is 0 Å². The van der Waals surface area contributed by atoms with Gasteiger partial charge >= 0.3 is 5.97 Å². The molecule has 136 valence electrons. The number of rotatable bonds is 6. The van der Waals surface area contributed by atoms with Crippen LogP contribution in [0.3, 0.4) is 0 Å². The van der Waals surface area contributed by atoms with Gasteiger partial charge < -0.3 is 19.7 Å². The topological polar surface area (TPSA) is 63.2 Å². The number of nitrogens with one attached hydrogen (secondary N) is 1. The van der Waals surface area contributed by atoms with E-state index in [2.05, 4.69) is 28.7 Å². The molecule has 0 aromatic heterocycles. The van der Waals surface area contributed by atoms with Gasteiger partial charge in [-0.05, 0) is 12.0 Å². The van der Waals surface area contributed by atoms with Crippen LogP contribution in [0.2, 0.25) is 0 Å². The summed E-state index contributed by atoms with van der Waals surface area (Å²) in [5.74, 6) is 1.55. The Morgan fingerprint density at radius 1 is 1.44 bits per heavy atom. The van der Waals surface area contributed by atoms with Gasteiger partial charge in [0.15, 0.2) is 5.96 Å². The lowest BCUT2D eigenvalue weighted by molar-refractivity contribution is -0.145. The van der Waals surface area contributed by atoms with Crippen molar-refractivity contribution in [2.75, 3.05) is 33.9 Å². The predicted octanol–water partition coefficient (Wildman–Crippen LogP) is 2.07. The molecule has 1 aliphatic heterocycles. The third-order valence-corrected chi connectivity index (χ3v) is 4.39. The highest BCUT2D eigenvalue weighted by Gasteiger charge is 2.36. The SMILES string of the molecule is C=CCOc1ccccc1CNC(=NC)N1CC(C)C(C(=O)OC)C1. The second kappa shape index (κ2) is 9.11. The summed E-state index contributed by atoms with van der Waals surface area (Å²) in [7, 11) is 3.18. The zero-order chi connectivity index (χ0) is 18.2. The van der Waals surface area contributed by atoms with Gasteiger partial charge in [0, 0.05) is 32.2 Å². The fraction of sp³-hybridized carbons (Fsp3) is 0.474. The van der Waals surface area contributed by atoms with Crippen LogP contribution in [-0.4, -0.2) is 50.7 Å². The molecule has 1 aliphatic rings. The molecule has 25 heavy (non-hydrogen) atoms. The van der Waals surface area contributed by atoms with Crippen molar-refractivity contribution < 1.29 is 14.3 Å². The van der Waals surface area contributed by atoms with Crippen LogP contribution in [0.25, 0.3) is 0 Å². The van der Waals surface area contributed by atoms with Crippen LogP contribution in [-0.2, 0) is 16.1 Å². The Labute approximate surface area is 149 Å². The quantitative estimate of drug-likeness (QED) is 0.370. The van der Waals surface area contributed by atoms with Crippen molar-refractivity contribution in [3.8, 4) is 5.75 Å². The van der Waals surface area contributed by atoms with Gasteiger partial charge in [-0.3, -0.25) is 9.79 Å². The number of para-hydroxylation sites is 1. The van der Waals surface area contributed by atoms with Gasteiger partial charge in [0.05, 0.1) is 13.0 Å². The number of hydrogen-bond acceptors (Lipinski definition) is 4. The van der Waals surface area contributed by atoms with E-state index in [0.29, 0.717) is 19.7 Å². The molecule has 0 aliphatic carbocycles. The summed E-state index contributed by atoms with van der Waals surface area (Å²) in [6.07, 6.45) is 1.72. The summed E-state index contributed by atoms with van der Waals surface area (Å²) in [5, 5.41) is 3.36. The normalized spacial score (nSPS) is 20.3. The third-order valence-electron chi connectivity index (χ3n) is 4.39. The molecular weight excluding hydrogens is 318 g/mol. The van der Waals surface area contributed by atoms with Crippen LogP contribution in [0.5, 0.6) is 5.75 Å². The molecule has 0 radical (unpaired) electrons. The van der Waals surface area contributed by atoms with Crippen LogP contribution in [0.15, 0.2) is 41.9 Å². The Kier molecular flexibility index (Phi) is 6.86. The van der Waals surface area contributed by atoms with Gasteiger partial charge in [0.25, 0.3) is 0 Å². The minimum Gasteiger partial charge on any atom is -0.489 e. The average Bonchev–Trinajstić information content (AvgIpc) is 3.02. The molecule has 2 atom stereocenters. The first-order valence-electron chi connectivity index (χ1n) is 8.45. The molecule has 0 bridgehead atoms. The van der Waals surface area contributed by atoms with Crippen molar-refractivity contribution in [1.82, 2.24) is 10.2 Å². The molecule has 1 saturated heterocycles. The smallest absolute Gasteiger partial charge is 0.310 e. The summed E-state index contributed by atoms with van der Waals surface area (Å²) in [6.45, 7) is 8.18. The summed E-state index contributed by atoms with van der Waals surface area (Å²) in [5.41, 5.74) is 1.04. The Balaban J connectivity index is 2.00. The number of methoxy groups -OCH3 is 1. The Hall–Kier alpha value is -2.50. The van der Waals surface area contributed by atoms with E-state index < -0.39 is 0 Å². The summed E-state index contributed by atoms with van der Waals surface area (Å²) in [6, 6.07) is 7.88. The van der Waals surface area contributed by atoms with E-state index in [-0.39, 0.29) is 17.8 Å². The second-order valence-electron chi connectivity index (χ2n) is 6.12. The average molecular weight is 345 g/mol. The number of carbonyl (C=O) groups is 1. The molecule has 1 aromatic rings. The number of benzene rings is 1. The summed E-state index contributed by atoms with van der Waals surface area (Å²) < 4.78 is 10.6. The van der Waals surface area contributed by atoms with E-state index in [0.717, 1.165) is 23.8 Å². The number of aliphatic imine (C=N–C) groups is 1. The Morgan fingerprint density at radius 2 is 2.20 bits per heavy atom. The Morgan fingerprint density at radius 3 is 2.88 bits per heavy atom. The van der Waals surface area contributed by atoms with E-state index in [1.165, 1.54) is 7.11 Å². The molecule has 0 spiro atoms. The van der Waals surface area contributed by atoms with E-state index in [1.807, 2.05) is 24.3 Å². The van der Waals surface area contributed by atoms with Crippen molar-refractivity contribution in [3.05, 3.63) is 42.5 Å². The lowest BCUT2D eigenvalue weighted by atomic mass is 9.99. The van der Waals surface area contributed by atoms with E-state index in [4.69, 9.17) is 9.47 Å². The van der Waals surface area contributed by atoms with Crippen LogP contribution in [0.1, 0.15) is 12.5 Å². The molecule has 0 amide bonds. The molecule has 6 heteroatoms. The number of ether oxygens (including phenoxy) is 2. The highest BCUT2D eigenvalue weighted by atomic mass is 16.5. The highest BCUT2D eigenvalue weighted by Crippen LogP contribution is 2.24. The van der Waals surface area contributed by atoms with Crippen LogP contribution >= 0.6 is 0 Å². The number of nitrogens with zero attached hydrogens (tertiary/aromatic N) is 2. The van der Waals surface area contributed by atoms with Crippen molar-refractivity contribution in [1.29, 1.82) is 0 Å². The second-order valence-corrected chi connectivity index (χ2v) is 6.12. The first kappa shape index (κ1) is 18.8. The molecule has 1 heterocycles. The van der Waals surface area contributed by atoms with Gasteiger partial charge in [-0.15, -0.1) is 0 Å². The summed E-state index contributed by atoms with van der Waals surface area (Å²) >= 11 is 0. The fourth-order valence-corrected chi connectivity index (χ4v) is 3.04. The lowest BCUT2D eigenvalue weighted by Crippen LogP contribution is -2.40. The van der Waals surface area contributed by atoms with Gasteiger partial charge in [0.1, 0.15) is 12.4 Å². The minimum atomic E-state index is -0.159. The van der Waals surface area contributed by atoms with Crippen LogP contribution in [0, 0.1) is 11.8 Å². The van der Waals surface area contributed by atoms with Gasteiger partial charge in [0.2, 0.25) is 0 Å². The number of likely N-dealkylation sites (tertiary alicyclic amines) is 1. The molecule has 1 N–H and O–H groups in total. The Bertz CT molecular complexity index is 630. The maximum Gasteiger partial charge on any atom is 0.310 e. The molecular formula is C19H27N3O3. The number of esters is 1. The molecule has 6 nitrogen and oxygen atoms in total. The van der Waals surface area contributed by atoms with Crippen LogP contribution in [0.4, 0.5) is 0 Å². The number of hydrogen-bond donors (Lipinski definition) is 1. The van der Waals surface area contributed by atoms with E-state index in [1.54, 1.807) is 13.1 Å². The maximum absolute atomic E-state index is 11.9. The number of guanidine groups is 1. The lowest BCUT2D eigenvalue weighted by Gasteiger charge is -2.22. The molecule has 0 saturated carbocycles. The van der Waals surface area contributed by atoms with Crippen LogP contribution < -0.4 is 10.1 Å². The van der Waals surface area contributed by atoms with Gasteiger partial charge in [-0.1, -0.05) is 37.8 Å². The molecule has 2 rings (SSSR count). The minimum absolute atomic E-state index is 0.119. The van der Waals surface area contributed by atoms with Crippen molar-refractivity contribution in [2.45, 2.75) is 13.5 Å². The number of carbonyl (C=O) groups excluding carboxylic acids is 1. The van der Waals surface area contributed by atoms with Crippen molar-refractivity contribution in [3.63, 3.8) is 0 Å². The predicted molar refractivity (Wildman–Crippen MR) is 98.6 cm³/mol. The highest BCUT2D eigenvalue weighted by molar-refractivity contribution is 5.82.